The van der Waals surface area contributed by atoms with Crippen molar-refractivity contribution >= 4 is 11.9 Å². The van der Waals surface area contributed by atoms with E-state index in [1.807, 2.05) is 21.1 Å². The summed E-state index contributed by atoms with van der Waals surface area (Å²) in [6.07, 6.45) is 67.6. The Bertz CT molecular complexity index is 1450. The lowest BCUT2D eigenvalue weighted by molar-refractivity contribution is -0.870. The number of hydrogen-bond donors (Lipinski definition) is 2. The Balaban J connectivity index is 3.71. The third-order valence-electron chi connectivity index (χ3n) is 8.84. The Morgan fingerprint density at radius 2 is 0.839 bits per heavy atom. The van der Waals surface area contributed by atoms with E-state index >= 15 is 0 Å². The number of unbranched alkanes of at least 4 members (excludes halogenated alkanes) is 4. The number of aliphatic carboxylic acids is 1. The van der Waals surface area contributed by atoms with Crippen LogP contribution in [0.5, 0.6) is 0 Å². The second kappa shape index (κ2) is 44.7. The molecule has 0 aromatic carbocycles. The molecular formula is C54H84NO7+. The summed E-state index contributed by atoms with van der Waals surface area (Å²) < 4.78 is 16.1. The van der Waals surface area contributed by atoms with E-state index in [0.717, 1.165) is 109 Å². The van der Waals surface area contributed by atoms with Crippen LogP contribution in [0.25, 0.3) is 0 Å². The van der Waals surface area contributed by atoms with Crippen molar-refractivity contribution in [2.24, 2.45) is 0 Å². The summed E-state index contributed by atoms with van der Waals surface area (Å²) in [5, 5.41) is 19.3. The van der Waals surface area contributed by atoms with Gasteiger partial charge in [-0.25, -0.2) is 4.79 Å². The number of carbonyl (C=O) groups is 2. The summed E-state index contributed by atoms with van der Waals surface area (Å²) in [4.78, 5) is 23.3. The van der Waals surface area contributed by atoms with Gasteiger partial charge >= 0.3 is 11.9 Å². The largest absolute Gasteiger partial charge is 0.477 e. The van der Waals surface area contributed by atoms with Gasteiger partial charge in [-0.05, 0) is 96.3 Å². The SMILES string of the molecule is CC/C=C\C/C=C\C/C=C\C/C=C\C/C=C\C/C=C\C/C=C\C/C=C\C/C=C\C/C=C\C/C=C\C/C=C\CCCCCCC(=O)OCC(O)COC(OCC[N+](C)(C)C)C(=O)O. The van der Waals surface area contributed by atoms with Crippen LogP contribution in [0.15, 0.2) is 146 Å². The Morgan fingerprint density at radius 1 is 0.484 bits per heavy atom. The zero-order chi connectivity index (χ0) is 45.5. The lowest BCUT2D eigenvalue weighted by Crippen LogP contribution is -2.40. The van der Waals surface area contributed by atoms with Crippen molar-refractivity contribution in [2.75, 3.05) is 47.5 Å². The maximum absolute atomic E-state index is 12.0. The number of hydrogen-bond acceptors (Lipinski definition) is 6. The van der Waals surface area contributed by atoms with Gasteiger partial charge in [0.2, 0.25) is 0 Å². The van der Waals surface area contributed by atoms with Gasteiger partial charge in [0.1, 0.15) is 19.3 Å². The van der Waals surface area contributed by atoms with Gasteiger partial charge < -0.3 is 28.9 Å². The summed E-state index contributed by atoms with van der Waals surface area (Å²) in [6.45, 7) is 2.41. The molecule has 2 atom stereocenters. The van der Waals surface area contributed by atoms with Gasteiger partial charge in [-0.2, -0.15) is 0 Å². The molecule has 0 saturated heterocycles. The fourth-order valence-corrected chi connectivity index (χ4v) is 5.28. The molecule has 0 heterocycles. The first-order chi connectivity index (χ1) is 30.2. The Labute approximate surface area is 377 Å². The quantitative estimate of drug-likeness (QED) is 0.0208. The van der Waals surface area contributed by atoms with Crippen LogP contribution in [0.4, 0.5) is 0 Å². The topological polar surface area (TPSA) is 102 Å². The smallest absolute Gasteiger partial charge is 0.361 e. The number of quaternary nitrogens is 1. The molecular weight excluding hydrogens is 775 g/mol. The fourth-order valence-electron chi connectivity index (χ4n) is 5.28. The number of rotatable bonds is 40. The molecule has 0 aliphatic carbocycles. The molecule has 2 N–H and O–H groups in total. The van der Waals surface area contributed by atoms with Crippen molar-refractivity contribution in [1.29, 1.82) is 0 Å². The summed E-state index contributed by atoms with van der Waals surface area (Å²) in [6, 6.07) is 0. The Hall–Kier alpha value is -4.34. The molecule has 0 bridgehead atoms. The minimum absolute atomic E-state index is 0.198. The Morgan fingerprint density at radius 3 is 1.19 bits per heavy atom. The van der Waals surface area contributed by atoms with Gasteiger partial charge in [-0.1, -0.05) is 166 Å². The molecule has 346 valence electrons. The van der Waals surface area contributed by atoms with Crippen LogP contribution in [0.3, 0.4) is 0 Å². The first-order valence-electron chi connectivity index (χ1n) is 23.1. The van der Waals surface area contributed by atoms with Crippen LogP contribution >= 0.6 is 0 Å². The lowest BCUT2D eigenvalue weighted by atomic mass is 10.1. The summed E-state index contributed by atoms with van der Waals surface area (Å²) in [7, 11) is 5.90. The Kier molecular flexibility index (Phi) is 41.6. The minimum Gasteiger partial charge on any atom is -0.477 e. The zero-order valence-corrected chi connectivity index (χ0v) is 39.0. The molecule has 0 rings (SSSR count). The maximum atomic E-state index is 12.0. The molecule has 0 aromatic rings. The van der Waals surface area contributed by atoms with Crippen molar-refractivity contribution in [1.82, 2.24) is 0 Å². The van der Waals surface area contributed by atoms with E-state index in [-0.39, 0.29) is 32.2 Å². The van der Waals surface area contributed by atoms with Gasteiger partial charge in [0.05, 0.1) is 34.4 Å². The number of esters is 1. The molecule has 2 unspecified atom stereocenters. The van der Waals surface area contributed by atoms with E-state index in [0.29, 0.717) is 11.0 Å². The van der Waals surface area contributed by atoms with Crippen molar-refractivity contribution in [2.45, 2.75) is 135 Å². The number of ether oxygens (including phenoxy) is 3. The third kappa shape index (κ3) is 46.7. The van der Waals surface area contributed by atoms with Gasteiger partial charge in [0.15, 0.2) is 0 Å². The molecule has 0 spiro atoms. The predicted molar refractivity (Wildman–Crippen MR) is 262 cm³/mol. The van der Waals surface area contributed by atoms with E-state index in [2.05, 4.69) is 153 Å². The van der Waals surface area contributed by atoms with E-state index in [9.17, 15) is 19.8 Å². The first-order valence-corrected chi connectivity index (χ1v) is 23.1. The molecule has 0 saturated carbocycles. The summed E-state index contributed by atoms with van der Waals surface area (Å²) >= 11 is 0. The third-order valence-corrected chi connectivity index (χ3v) is 8.84. The minimum atomic E-state index is -1.48. The molecule has 0 fully saturated rings. The number of allylic oxidation sites excluding steroid dienone is 24. The number of carbonyl (C=O) groups excluding carboxylic acids is 1. The number of nitrogens with zero attached hydrogens (tertiary/aromatic N) is 1. The van der Waals surface area contributed by atoms with Gasteiger partial charge in [0, 0.05) is 6.42 Å². The van der Waals surface area contributed by atoms with Crippen LogP contribution < -0.4 is 0 Å². The molecule has 8 nitrogen and oxygen atoms in total. The number of aliphatic hydroxyl groups excluding tert-OH is 1. The van der Waals surface area contributed by atoms with E-state index in [1.165, 1.54) is 0 Å². The van der Waals surface area contributed by atoms with E-state index < -0.39 is 18.4 Å². The second-order valence-corrected chi connectivity index (χ2v) is 15.8. The summed E-state index contributed by atoms with van der Waals surface area (Å²) in [5.74, 6) is -1.65. The van der Waals surface area contributed by atoms with Crippen LogP contribution in [-0.2, 0) is 23.8 Å². The van der Waals surface area contributed by atoms with Crippen LogP contribution in [0.1, 0.15) is 122 Å². The highest BCUT2D eigenvalue weighted by molar-refractivity contribution is 5.70. The number of carboxylic acids is 1. The average Bonchev–Trinajstić information content (AvgIpc) is 3.24. The predicted octanol–water partition coefficient (Wildman–Crippen LogP) is 12.8. The van der Waals surface area contributed by atoms with Crippen molar-refractivity contribution in [3.63, 3.8) is 0 Å². The zero-order valence-electron chi connectivity index (χ0n) is 39.0. The molecule has 0 aliphatic rings. The second-order valence-electron chi connectivity index (χ2n) is 15.8. The van der Waals surface area contributed by atoms with Crippen molar-refractivity contribution in [3.8, 4) is 0 Å². The van der Waals surface area contributed by atoms with Crippen LogP contribution in [0, 0.1) is 0 Å². The number of aliphatic hydroxyl groups is 1. The van der Waals surface area contributed by atoms with Crippen LogP contribution in [0.2, 0.25) is 0 Å². The highest BCUT2D eigenvalue weighted by atomic mass is 16.7. The van der Waals surface area contributed by atoms with Gasteiger partial charge in [-0.3, -0.25) is 4.79 Å². The molecule has 8 heteroatoms. The van der Waals surface area contributed by atoms with Gasteiger partial charge in [0.25, 0.3) is 6.29 Å². The van der Waals surface area contributed by atoms with Crippen molar-refractivity contribution in [3.05, 3.63) is 146 Å². The fraction of sp³-hybridized carbons (Fsp3) is 0.519. The van der Waals surface area contributed by atoms with E-state index in [1.54, 1.807) is 0 Å². The maximum Gasteiger partial charge on any atom is 0.361 e. The monoisotopic (exact) mass is 859 g/mol. The van der Waals surface area contributed by atoms with E-state index in [4.69, 9.17) is 14.2 Å². The number of likely N-dealkylation sites (N-methyl/N-ethyl adjacent to an activating group) is 1. The molecule has 0 radical (unpaired) electrons. The molecule has 62 heavy (non-hydrogen) atoms. The normalized spacial score (nSPS) is 14.4. The highest BCUT2D eigenvalue weighted by Crippen LogP contribution is 2.08. The average molecular weight is 859 g/mol. The van der Waals surface area contributed by atoms with Crippen LogP contribution in [-0.4, -0.2) is 86.5 Å². The summed E-state index contributed by atoms with van der Waals surface area (Å²) in [5.41, 5.74) is 0. The molecule has 0 amide bonds. The standard InChI is InChI=1S/C54H83NO7/c1-5-6-7-8-9-10-11-12-13-14-15-16-17-18-19-20-21-22-23-24-25-26-27-28-29-30-31-32-33-34-35-36-37-38-39-40-41-42-43-44-45-46-52(57)61-49-51(56)50-62-54(53(58)59)60-48-47-55(2,3)4/h6-7,9-10,12-13,15-16,18-19,21-22,24-25,27-28,30-31,33-34,36-37,39-40,51,54,56H,5,8,11,14,17,20,23,26,29,32,35,38,41-50H2,1-4H3/p+1/b7-6-,10-9-,13-12-,16-15-,19-18-,22-21-,25-24-,28-27-,31-30-,34-33-,37-36-,40-39-. The first kappa shape index (κ1) is 57.7. The lowest BCUT2D eigenvalue weighted by Gasteiger charge is -2.24. The van der Waals surface area contributed by atoms with Gasteiger partial charge in [-0.15, -0.1) is 0 Å². The highest BCUT2D eigenvalue weighted by Gasteiger charge is 2.22. The van der Waals surface area contributed by atoms with Crippen molar-refractivity contribution < 1.29 is 38.5 Å². The molecule has 0 aliphatic heterocycles. The molecule has 0 aromatic heterocycles. The number of carboxylic acid groups (broad SMARTS) is 1.